The number of rotatable bonds is 5. The maximum absolute atomic E-state index is 12.4. The second-order valence-corrected chi connectivity index (χ2v) is 7.52. The van der Waals surface area contributed by atoms with E-state index in [4.69, 9.17) is 5.73 Å². The van der Waals surface area contributed by atoms with Crippen molar-refractivity contribution in [1.82, 2.24) is 14.9 Å². The standard InChI is InChI=1S/C22H26N4O.2ClH/c23-19-8-4-7-18(12-19)22(27)24-13-16-5-3-6-17(11-16)14-26-15-25-20-9-1-2-10-21(20)26;;/h1-3,5-6,9-11,15,18-19H,4,7-8,12-14,23H2,(H,24,27);2*1H. The second kappa shape index (κ2) is 10.6. The number of hydrogen-bond donors (Lipinski definition) is 2. The highest BCUT2D eigenvalue weighted by Gasteiger charge is 2.24. The Labute approximate surface area is 183 Å². The maximum Gasteiger partial charge on any atom is 0.223 e. The van der Waals surface area contributed by atoms with E-state index < -0.39 is 0 Å². The number of nitrogens with zero attached hydrogens (tertiary/aromatic N) is 2. The number of imidazole rings is 1. The molecule has 3 aromatic rings. The van der Waals surface area contributed by atoms with Crippen LogP contribution in [0.3, 0.4) is 0 Å². The molecule has 2 unspecified atom stereocenters. The van der Waals surface area contributed by atoms with Gasteiger partial charge in [-0.2, -0.15) is 0 Å². The summed E-state index contributed by atoms with van der Waals surface area (Å²) in [5.41, 5.74) is 10.5. The first-order chi connectivity index (χ1) is 13.2. The first kappa shape index (κ1) is 23.2. The van der Waals surface area contributed by atoms with E-state index >= 15 is 0 Å². The molecule has 29 heavy (non-hydrogen) atoms. The van der Waals surface area contributed by atoms with Gasteiger partial charge < -0.3 is 15.6 Å². The molecule has 1 heterocycles. The molecule has 4 rings (SSSR count). The van der Waals surface area contributed by atoms with Crippen LogP contribution in [0.2, 0.25) is 0 Å². The summed E-state index contributed by atoms with van der Waals surface area (Å²) in [6, 6.07) is 16.7. The van der Waals surface area contributed by atoms with Crippen LogP contribution in [0.25, 0.3) is 11.0 Å². The summed E-state index contributed by atoms with van der Waals surface area (Å²) in [7, 11) is 0. The minimum atomic E-state index is 0. The highest BCUT2D eigenvalue weighted by molar-refractivity contribution is 5.85. The van der Waals surface area contributed by atoms with E-state index in [0.717, 1.165) is 48.8 Å². The van der Waals surface area contributed by atoms with E-state index in [2.05, 4.69) is 39.1 Å². The van der Waals surface area contributed by atoms with E-state index in [9.17, 15) is 4.79 Å². The maximum atomic E-state index is 12.4. The van der Waals surface area contributed by atoms with Gasteiger partial charge in [0.1, 0.15) is 0 Å². The Hall–Kier alpha value is -2.08. The van der Waals surface area contributed by atoms with Gasteiger partial charge in [0.15, 0.2) is 0 Å². The van der Waals surface area contributed by atoms with Gasteiger partial charge in [0, 0.05) is 25.0 Å². The number of hydrogen-bond acceptors (Lipinski definition) is 3. The van der Waals surface area contributed by atoms with Crippen molar-refractivity contribution in [3.8, 4) is 0 Å². The molecule has 1 aliphatic carbocycles. The molecule has 0 aliphatic heterocycles. The molecular weight excluding hydrogens is 407 g/mol. The molecular formula is C22H28Cl2N4O. The molecule has 7 heteroatoms. The Morgan fingerprint density at radius 3 is 2.72 bits per heavy atom. The van der Waals surface area contributed by atoms with Gasteiger partial charge in [-0.3, -0.25) is 4.79 Å². The van der Waals surface area contributed by atoms with Crippen LogP contribution < -0.4 is 11.1 Å². The zero-order chi connectivity index (χ0) is 18.6. The Morgan fingerprint density at radius 2 is 1.90 bits per heavy atom. The summed E-state index contributed by atoms with van der Waals surface area (Å²) in [5, 5.41) is 3.09. The highest BCUT2D eigenvalue weighted by atomic mass is 35.5. The number of carbonyl (C=O) groups is 1. The highest BCUT2D eigenvalue weighted by Crippen LogP contribution is 2.23. The van der Waals surface area contributed by atoms with Gasteiger partial charge in [0.25, 0.3) is 0 Å². The Balaban J connectivity index is 0.00000150. The first-order valence-electron chi connectivity index (χ1n) is 9.70. The summed E-state index contributed by atoms with van der Waals surface area (Å²) >= 11 is 0. The Bertz CT molecular complexity index is 943. The lowest BCUT2D eigenvalue weighted by Crippen LogP contribution is -2.37. The summed E-state index contributed by atoms with van der Waals surface area (Å²) in [6.07, 6.45) is 5.72. The van der Waals surface area contributed by atoms with E-state index in [1.807, 2.05) is 30.6 Å². The Morgan fingerprint density at radius 1 is 1.10 bits per heavy atom. The monoisotopic (exact) mass is 434 g/mol. The molecule has 1 fully saturated rings. The fourth-order valence-electron chi connectivity index (χ4n) is 3.97. The number of aromatic nitrogens is 2. The minimum absolute atomic E-state index is 0. The van der Waals surface area contributed by atoms with E-state index in [0.29, 0.717) is 6.54 Å². The number of para-hydroxylation sites is 2. The van der Waals surface area contributed by atoms with Crippen molar-refractivity contribution in [1.29, 1.82) is 0 Å². The van der Waals surface area contributed by atoms with Crippen molar-refractivity contribution in [2.24, 2.45) is 11.7 Å². The lowest BCUT2D eigenvalue weighted by atomic mass is 9.85. The lowest BCUT2D eigenvalue weighted by Gasteiger charge is -2.25. The van der Waals surface area contributed by atoms with Gasteiger partial charge in [-0.1, -0.05) is 42.8 Å². The minimum Gasteiger partial charge on any atom is -0.352 e. The average molecular weight is 435 g/mol. The molecule has 0 saturated heterocycles. The molecule has 1 aliphatic rings. The quantitative estimate of drug-likeness (QED) is 0.635. The van der Waals surface area contributed by atoms with Crippen molar-refractivity contribution in [2.75, 3.05) is 0 Å². The van der Waals surface area contributed by atoms with Crippen molar-refractivity contribution >= 4 is 41.8 Å². The van der Waals surface area contributed by atoms with Crippen LogP contribution in [0, 0.1) is 5.92 Å². The van der Waals surface area contributed by atoms with Crippen LogP contribution in [-0.4, -0.2) is 21.5 Å². The normalized spacial score (nSPS) is 18.5. The number of amides is 1. The van der Waals surface area contributed by atoms with Gasteiger partial charge in [-0.25, -0.2) is 4.98 Å². The summed E-state index contributed by atoms with van der Waals surface area (Å²) in [4.78, 5) is 16.9. The molecule has 1 saturated carbocycles. The van der Waals surface area contributed by atoms with Gasteiger partial charge >= 0.3 is 0 Å². The van der Waals surface area contributed by atoms with Crippen molar-refractivity contribution in [3.63, 3.8) is 0 Å². The van der Waals surface area contributed by atoms with Crippen molar-refractivity contribution in [2.45, 2.75) is 44.8 Å². The van der Waals surface area contributed by atoms with Gasteiger partial charge in [-0.05, 0) is 42.5 Å². The molecule has 1 aromatic heterocycles. The molecule has 2 atom stereocenters. The topological polar surface area (TPSA) is 72.9 Å². The van der Waals surface area contributed by atoms with Crippen LogP contribution in [0.15, 0.2) is 54.9 Å². The molecule has 156 valence electrons. The molecule has 3 N–H and O–H groups in total. The third-order valence-corrected chi connectivity index (χ3v) is 5.42. The van der Waals surface area contributed by atoms with Crippen LogP contribution in [0.5, 0.6) is 0 Å². The molecule has 1 amide bonds. The largest absolute Gasteiger partial charge is 0.352 e. The van der Waals surface area contributed by atoms with E-state index in [1.165, 1.54) is 5.56 Å². The second-order valence-electron chi connectivity index (χ2n) is 7.52. The zero-order valence-electron chi connectivity index (χ0n) is 16.3. The van der Waals surface area contributed by atoms with Crippen LogP contribution >= 0.6 is 24.8 Å². The summed E-state index contributed by atoms with van der Waals surface area (Å²) in [6.45, 7) is 1.32. The Kier molecular flexibility index (Phi) is 8.50. The van der Waals surface area contributed by atoms with Crippen molar-refractivity contribution < 1.29 is 4.79 Å². The molecule has 5 nitrogen and oxygen atoms in total. The van der Waals surface area contributed by atoms with E-state index in [1.54, 1.807) is 0 Å². The third kappa shape index (κ3) is 5.72. The smallest absolute Gasteiger partial charge is 0.223 e. The fraction of sp³-hybridized carbons (Fsp3) is 0.364. The SMILES string of the molecule is Cl.Cl.NC1CCCC(C(=O)NCc2cccc(Cn3cnc4ccccc43)c2)C1. The number of fused-ring (bicyclic) bond motifs is 1. The van der Waals surface area contributed by atoms with Crippen molar-refractivity contribution in [3.05, 3.63) is 66.0 Å². The van der Waals surface area contributed by atoms with Gasteiger partial charge in [0.2, 0.25) is 5.91 Å². The summed E-state index contributed by atoms with van der Waals surface area (Å²) < 4.78 is 2.15. The third-order valence-electron chi connectivity index (χ3n) is 5.42. The summed E-state index contributed by atoms with van der Waals surface area (Å²) in [5.74, 6) is 0.199. The number of halogens is 2. The molecule has 0 radical (unpaired) electrons. The van der Waals surface area contributed by atoms with Gasteiger partial charge in [0.05, 0.1) is 17.4 Å². The van der Waals surface area contributed by atoms with E-state index in [-0.39, 0.29) is 42.7 Å². The zero-order valence-corrected chi connectivity index (χ0v) is 17.9. The lowest BCUT2D eigenvalue weighted by molar-refractivity contribution is -0.126. The predicted molar refractivity (Wildman–Crippen MR) is 122 cm³/mol. The van der Waals surface area contributed by atoms with Crippen LogP contribution in [0.4, 0.5) is 0 Å². The number of nitrogens with one attached hydrogen (secondary N) is 1. The first-order valence-corrected chi connectivity index (χ1v) is 9.70. The number of carbonyl (C=O) groups excluding carboxylic acids is 1. The number of benzene rings is 2. The average Bonchev–Trinajstić information content (AvgIpc) is 3.09. The van der Waals surface area contributed by atoms with Crippen LogP contribution in [0.1, 0.15) is 36.8 Å². The predicted octanol–water partition coefficient (Wildman–Crippen LogP) is 4.06. The molecule has 2 aromatic carbocycles. The molecule has 0 bridgehead atoms. The number of nitrogens with two attached hydrogens (primary N) is 1. The van der Waals surface area contributed by atoms with Crippen LogP contribution in [-0.2, 0) is 17.9 Å². The molecule has 0 spiro atoms. The van der Waals surface area contributed by atoms with Gasteiger partial charge in [-0.15, -0.1) is 24.8 Å². The fourth-order valence-corrected chi connectivity index (χ4v) is 3.97.